The van der Waals surface area contributed by atoms with Crippen molar-refractivity contribution in [2.24, 2.45) is 0 Å². The molecule has 20 heavy (non-hydrogen) atoms. The molecule has 5 heteroatoms. The van der Waals surface area contributed by atoms with Crippen LogP contribution < -0.4 is 10.1 Å². The maximum Gasteiger partial charge on any atom is 0.237 e. The van der Waals surface area contributed by atoms with Crippen LogP contribution in [0, 0.1) is 0 Å². The summed E-state index contributed by atoms with van der Waals surface area (Å²) in [5.74, 6) is 0.557. The lowest BCUT2D eigenvalue weighted by molar-refractivity contribution is 0.382. The predicted octanol–water partition coefficient (Wildman–Crippen LogP) is 3.34. The highest BCUT2D eigenvalue weighted by Crippen LogP contribution is 2.27. The van der Waals surface area contributed by atoms with Gasteiger partial charge >= 0.3 is 0 Å². The molecule has 0 radical (unpaired) electrons. The van der Waals surface area contributed by atoms with E-state index in [-0.39, 0.29) is 6.04 Å². The number of nitrogens with zero attached hydrogens (tertiary/aromatic N) is 2. The van der Waals surface area contributed by atoms with Crippen LogP contribution in [0.2, 0.25) is 0 Å². The van der Waals surface area contributed by atoms with Crippen LogP contribution >= 0.6 is 15.9 Å². The van der Waals surface area contributed by atoms with Crippen molar-refractivity contribution in [3.8, 4) is 5.88 Å². The second kappa shape index (κ2) is 7.36. The molecule has 1 unspecified atom stereocenters. The highest BCUT2D eigenvalue weighted by atomic mass is 79.9. The highest BCUT2D eigenvalue weighted by Gasteiger charge is 2.20. The molecule has 0 aliphatic carbocycles. The van der Waals surface area contributed by atoms with Crippen molar-refractivity contribution in [2.75, 3.05) is 13.7 Å². The molecular weight excluding hydrogens is 318 g/mol. The molecule has 1 N–H and O–H groups in total. The van der Waals surface area contributed by atoms with E-state index in [9.17, 15) is 0 Å². The number of benzene rings is 1. The minimum absolute atomic E-state index is 0.0314. The molecule has 2 rings (SSSR count). The summed E-state index contributed by atoms with van der Waals surface area (Å²) in [6.07, 6.45) is 4.38. The zero-order valence-corrected chi connectivity index (χ0v) is 13.2. The fourth-order valence-corrected chi connectivity index (χ4v) is 2.46. The largest absolute Gasteiger partial charge is 0.480 e. The van der Waals surface area contributed by atoms with Gasteiger partial charge in [0.05, 0.1) is 13.2 Å². The number of rotatable bonds is 6. The molecule has 0 saturated carbocycles. The third-order valence-corrected chi connectivity index (χ3v) is 3.43. The van der Waals surface area contributed by atoms with Gasteiger partial charge < -0.3 is 10.1 Å². The van der Waals surface area contributed by atoms with Crippen LogP contribution in [0.3, 0.4) is 0 Å². The minimum Gasteiger partial charge on any atom is -0.480 e. The Balaban J connectivity index is 2.41. The summed E-state index contributed by atoms with van der Waals surface area (Å²) in [6, 6.07) is 8.15. The average Bonchev–Trinajstić information content (AvgIpc) is 2.48. The minimum atomic E-state index is -0.0314. The summed E-state index contributed by atoms with van der Waals surface area (Å²) >= 11 is 3.51. The Morgan fingerprint density at radius 3 is 2.80 bits per heavy atom. The van der Waals surface area contributed by atoms with Gasteiger partial charge in [-0.2, -0.15) is 0 Å². The molecule has 106 valence electrons. The van der Waals surface area contributed by atoms with Gasteiger partial charge in [-0.1, -0.05) is 35.0 Å². The average molecular weight is 336 g/mol. The quantitative estimate of drug-likeness (QED) is 0.879. The topological polar surface area (TPSA) is 47.0 Å². The molecule has 1 atom stereocenters. The fourth-order valence-electron chi connectivity index (χ4n) is 2.04. The first-order valence-corrected chi connectivity index (χ1v) is 7.39. The van der Waals surface area contributed by atoms with Gasteiger partial charge in [-0.15, -0.1) is 0 Å². The number of ether oxygens (including phenoxy) is 1. The van der Waals surface area contributed by atoms with Crippen molar-refractivity contribution in [3.63, 3.8) is 0 Å². The van der Waals surface area contributed by atoms with Crippen molar-refractivity contribution < 1.29 is 4.74 Å². The van der Waals surface area contributed by atoms with Gasteiger partial charge in [0.15, 0.2) is 0 Å². The van der Waals surface area contributed by atoms with Gasteiger partial charge in [-0.05, 0) is 30.7 Å². The second-order valence-corrected chi connectivity index (χ2v) is 5.31. The molecule has 1 aromatic heterocycles. The number of methoxy groups -OCH3 is 1. The fraction of sp³-hybridized carbons (Fsp3) is 0.333. The van der Waals surface area contributed by atoms with E-state index < -0.39 is 0 Å². The monoisotopic (exact) mass is 335 g/mol. The van der Waals surface area contributed by atoms with Crippen LogP contribution in [0.15, 0.2) is 41.1 Å². The second-order valence-electron chi connectivity index (χ2n) is 4.39. The van der Waals surface area contributed by atoms with Crippen LogP contribution in [0.5, 0.6) is 5.88 Å². The predicted molar refractivity (Wildman–Crippen MR) is 82.9 cm³/mol. The van der Waals surface area contributed by atoms with Crippen molar-refractivity contribution in [1.82, 2.24) is 15.3 Å². The number of nitrogens with one attached hydrogen (secondary N) is 1. The Labute approximate surface area is 127 Å². The summed E-state index contributed by atoms with van der Waals surface area (Å²) < 4.78 is 6.38. The first kappa shape index (κ1) is 14.9. The van der Waals surface area contributed by atoms with Crippen molar-refractivity contribution in [1.29, 1.82) is 0 Å². The van der Waals surface area contributed by atoms with E-state index in [1.165, 1.54) is 0 Å². The van der Waals surface area contributed by atoms with Crippen LogP contribution in [-0.4, -0.2) is 23.6 Å². The Morgan fingerprint density at radius 1 is 1.30 bits per heavy atom. The van der Waals surface area contributed by atoms with E-state index in [1.54, 1.807) is 19.5 Å². The standard InChI is InChI=1S/C15H18BrN3O/c1-3-7-17-13(11-5-4-6-12(16)10-11)14-15(20-2)19-9-8-18-14/h4-6,8-10,13,17H,3,7H2,1-2H3. The lowest BCUT2D eigenvalue weighted by Crippen LogP contribution is -2.25. The summed E-state index contributed by atoms with van der Waals surface area (Å²) in [5.41, 5.74) is 1.94. The maximum absolute atomic E-state index is 5.33. The molecule has 0 saturated heterocycles. The summed E-state index contributed by atoms with van der Waals surface area (Å²) in [6.45, 7) is 3.04. The van der Waals surface area contributed by atoms with Crippen LogP contribution in [-0.2, 0) is 0 Å². The molecule has 0 aliphatic heterocycles. The molecule has 1 heterocycles. The van der Waals surface area contributed by atoms with E-state index in [2.05, 4.69) is 50.3 Å². The van der Waals surface area contributed by atoms with Crippen molar-refractivity contribution in [2.45, 2.75) is 19.4 Å². The molecule has 2 aromatic rings. The Morgan fingerprint density at radius 2 is 2.10 bits per heavy atom. The summed E-state index contributed by atoms with van der Waals surface area (Å²) in [4.78, 5) is 8.68. The maximum atomic E-state index is 5.33. The Kier molecular flexibility index (Phi) is 5.49. The van der Waals surface area contributed by atoms with Crippen molar-refractivity contribution in [3.05, 3.63) is 52.4 Å². The molecule has 1 aromatic carbocycles. The third-order valence-electron chi connectivity index (χ3n) is 2.94. The summed E-state index contributed by atoms with van der Waals surface area (Å²) in [7, 11) is 1.62. The highest BCUT2D eigenvalue weighted by molar-refractivity contribution is 9.10. The smallest absolute Gasteiger partial charge is 0.237 e. The summed E-state index contributed by atoms with van der Waals surface area (Å²) in [5, 5.41) is 3.50. The van der Waals surface area contributed by atoms with E-state index in [0.29, 0.717) is 5.88 Å². The number of hydrogen-bond donors (Lipinski definition) is 1. The number of halogens is 1. The Bertz CT molecular complexity index is 562. The molecule has 0 fully saturated rings. The zero-order valence-electron chi connectivity index (χ0n) is 11.6. The van der Waals surface area contributed by atoms with E-state index in [4.69, 9.17) is 4.74 Å². The van der Waals surface area contributed by atoms with E-state index >= 15 is 0 Å². The molecule has 0 amide bonds. The lowest BCUT2D eigenvalue weighted by Gasteiger charge is -2.20. The lowest BCUT2D eigenvalue weighted by atomic mass is 10.0. The van der Waals surface area contributed by atoms with Crippen LogP contribution in [0.25, 0.3) is 0 Å². The third kappa shape index (κ3) is 3.55. The molecular formula is C15H18BrN3O. The van der Waals surface area contributed by atoms with Gasteiger partial charge in [0.25, 0.3) is 0 Å². The van der Waals surface area contributed by atoms with Gasteiger partial charge in [0, 0.05) is 16.9 Å². The van der Waals surface area contributed by atoms with Crippen LogP contribution in [0.1, 0.15) is 30.6 Å². The zero-order chi connectivity index (χ0) is 14.4. The SMILES string of the molecule is CCCNC(c1cccc(Br)c1)c1nccnc1OC. The normalized spacial score (nSPS) is 12.2. The first-order chi connectivity index (χ1) is 9.76. The first-order valence-electron chi connectivity index (χ1n) is 6.60. The number of hydrogen-bond acceptors (Lipinski definition) is 4. The molecule has 0 spiro atoms. The van der Waals surface area contributed by atoms with Gasteiger partial charge in [0.2, 0.25) is 5.88 Å². The van der Waals surface area contributed by atoms with Gasteiger partial charge in [-0.25, -0.2) is 4.98 Å². The Hall–Kier alpha value is -1.46. The van der Waals surface area contributed by atoms with E-state index in [0.717, 1.165) is 28.7 Å². The van der Waals surface area contributed by atoms with Crippen LogP contribution in [0.4, 0.5) is 0 Å². The van der Waals surface area contributed by atoms with Gasteiger partial charge in [0.1, 0.15) is 5.69 Å². The molecule has 0 bridgehead atoms. The molecule has 0 aliphatic rings. The van der Waals surface area contributed by atoms with Gasteiger partial charge in [-0.3, -0.25) is 4.98 Å². The van der Waals surface area contributed by atoms with E-state index in [1.807, 2.05) is 12.1 Å². The number of aromatic nitrogens is 2. The molecule has 4 nitrogen and oxygen atoms in total. The van der Waals surface area contributed by atoms with Crippen molar-refractivity contribution >= 4 is 15.9 Å².